The standard InChI is InChI=1S/C21H25ClN2O4S/c1-16-5-7-19(8-6-16)29(26,27)24-12-11-23-20(25)21(9-13-28-14-10-21)17-3-2-4-18(22)15-17/h2-8,15,24H,9-14H2,1H3,(H,23,25). The molecule has 3 rings (SSSR count). The highest BCUT2D eigenvalue weighted by atomic mass is 35.5. The van der Waals surface area contributed by atoms with Gasteiger partial charge < -0.3 is 10.1 Å². The number of benzene rings is 2. The minimum Gasteiger partial charge on any atom is -0.381 e. The molecule has 29 heavy (non-hydrogen) atoms. The average molecular weight is 437 g/mol. The van der Waals surface area contributed by atoms with E-state index in [1.807, 2.05) is 25.1 Å². The van der Waals surface area contributed by atoms with Crippen LogP contribution in [0.2, 0.25) is 5.02 Å². The van der Waals surface area contributed by atoms with Gasteiger partial charge in [-0.25, -0.2) is 13.1 Å². The Morgan fingerprint density at radius 2 is 1.79 bits per heavy atom. The Morgan fingerprint density at radius 1 is 1.10 bits per heavy atom. The van der Waals surface area contributed by atoms with Crippen molar-refractivity contribution in [1.29, 1.82) is 0 Å². The molecule has 0 atom stereocenters. The third-order valence-corrected chi connectivity index (χ3v) is 6.90. The van der Waals surface area contributed by atoms with Crippen molar-refractivity contribution in [2.75, 3.05) is 26.3 Å². The molecule has 0 aromatic heterocycles. The number of halogens is 1. The van der Waals surface area contributed by atoms with Crippen molar-refractivity contribution in [3.8, 4) is 0 Å². The van der Waals surface area contributed by atoms with E-state index in [2.05, 4.69) is 10.0 Å². The van der Waals surface area contributed by atoms with Crippen molar-refractivity contribution in [2.24, 2.45) is 0 Å². The Balaban J connectivity index is 1.63. The summed E-state index contributed by atoms with van der Waals surface area (Å²) in [5, 5.41) is 3.46. The molecule has 1 aliphatic heterocycles. The summed E-state index contributed by atoms with van der Waals surface area (Å²) in [5.74, 6) is -0.141. The third-order valence-electron chi connectivity index (χ3n) is 5.19. The minimum absolute atomic E-state index is 0.101. The van der Waals surface area contributed by atoms with E-state index in [0.29, 0.717) is 31.1 Å². The number of sulfonamides is 1. The van der Waals surface area contributed by atoms with Crippen LogP contribution in [0.4, 0.5) is 0 Å². The van der Waals surface area contributed by atoms with Gasteiger partial charge in [0.15, 0.2) is 0 Å². The molecule has 1 heterocycles. The Kier molecular flexibility index (Phi) is 6.95. The summed E-state index contributed by atoms with van der Waals surface area (Å²) in [6.07, 6.45) is 1.10. The van der Waals surface area contributed by atoms with Crippen molar-refractivity contribution in [1.82, 2.24) is 10.0 Å². The fraction of sp³-hybridized carbons (Fsp3) is 0.381. The highest BCUT2D eigenvalue weighted by molar-refractivity contribution is 7.89. The molecule has 1 aliphatic rings. The second-order valence-electron chi connectivity index (χ2n) is 7.17. The largest absolute Gasteiger partial charge is 0.381 e. The summed E-state index contributed by atoms with van der Waals surface area (Å²) in [4.78, 5) is 13.3. The predicted octanol–water partition coefficient (Wildman–Crippen LogP) is 2.79. The van der Waals surface area contributed by atoms with Gasteiger partial charge in [0.25, 0.3) is 0 Å². The van der Waals surface area contributed by atoms with Crippen LogP contribution >= 0.6 is 11.6 Å². The maximum absolute atomic E-state index is 13.1. The quantitative estimate of drug-likeness (QED) is 0.653. The average Bonchev–Trinajstić information content (AvgIpc) is 2.72. The molecule has 2 N–H and O–H groups in total. The van der Waals surface area contributed by atoms with Crippen LogP contribution in [0.25, 0.3) is 0 Å². The van der Waals surface area contributed by atoms with Gasteiger partial charge in [-0.05, 0) is 49.6 Å². The van der Waals surface area contributed by atoms with Gasteiger partial charge in [0, 0.05) is 31.3 Å². The molecular weight excluding hydrogens is 412 g/mol. The van der Waals surface area contributed by atoms with Gasteiger partial charge in [0.05, 0.1) is 10.3 Å². The molecule has 0 unspecified atom stereocenters. The smallest absolute Gasteiger partial charge is 0.240 e. The molecule has 0 radical (unpaired) electrons. The van der Waals surface area contributed by atoms with Crippen LogP contribution in [-0.2, 0) is 25.0 Å². The van der Waals surface area contributed by atoms with Gasteiger partial charge in [0.1, 0.15) is 0 Å². The first-order valence-corrected chi connectivity index (χ1v) is 11.4. The van der Waals surface area contributed by atoms with E-state index >= 15 is 0 Å². The lowest BCUT2D eigenvalue weighted by Crippen LogP contribution is -2.49. The fourth-order valence-electron chi connectivity index (χ4n) is 3.48. The fourth-order valence-corrected chi connectivity index (χ4v) is 4.71. The summed E-state index contributed by atoms with van der Waals surface area (Å²) >= 11 is 6.14. The molecule has 2 aromatic carbocycles. The Labute approximate surface area is 176 Å². The van der Waals surface area contributed by atoms with Crippen LogP contribution in [0.3, 0.4) is 0 Å². The minimum atomic E-state index is -3.61. The first-order chi connectivity index (χ1) is 13.8. The van der Waals surface area contributed by atoms with Crippen LogP contribution in [0.5, 0.6) is 0 Å². The molecule has 6 nitrogen and oxygen atoms in total. The zero-order valence-corrected chi connectivity index (χ0v) is 17.9. The van der Waals surface area contributed by atoms with E-state index in [4.69, 9.17) is 16.3 Å². The first kappa shape index (κ1) is 21.8. The summed E-state index contributed by atoms with van der Waals surface area (Å²) < 4.78 is 32.7. The Hall–Kier alpha value is -1.93. The lowest BCUT2D eigenvalue weighted by molar-refractivity contribution is -0.130. The van der Waals surface area contributed by atoms with Crippen molar-refractivity contribution in [2.45, 2.75) is 30.1 Å². The number of aryl methyl sites for hydroxylation is 1. The molecule has 8 heteroatoms. The van der Waals surface area contributed by atoms with Crippen LogP contribution in [0, 0.1) is 6.92 Å². The maximum Gasteiger partial charge on any atom is 0.240 e. The Bertz CT molecular complexity index is 955. The predicted molar refractivity (Wildman–Crippen MR) is 113 cm³/mol. The van der Waals surface area contributed by atoms with Crippen LogP contribution in [0.1, 0.15) is 24.0 Å². The number of carbonyl (C=O) groups excluding carboxylic acids is 1. The van der Waals surface area contributed by atoms with Gasteiger partial charge in [0.2, 0.25) is 15.9 Å². The molecule has 0 saturated carbocycles. The maximum atomic E-state index is 13.1. The molecule has 2 aromatic rings. The van der Waals surface area contributed by atoms with Gasteiger partial charge in [-0.2, -0.15) is 0 Å². The molecule has 1 saturated heterocycles. The van der Waals surface area contributed by atoms with E-state index in [9.17, 15) is 13.2 Å². The molecule has 1 fully saturated rings. The van der Waals surface area contributed by atoms with Crippen molar-refractivity contribution < 1.29 is 17.9 Å². The second kappa shape index (κ2) is 9.26. The molecule has 0 bridgehead atoms. The molecule has 0 aliphatic carbocycles. The molecule has 156 valence electrons. The summed E-state index contributed by atoms with van der Waals surface area (Å²) in [7, 11) is -3.61. The van der Waals surface area contributed by atoms with E-state index in [0.717, 1.165) is 11.1 Å². The number of ether oxygens (including phenoxy) is 1. The number of rotatable bonds is 7. The summed E-state index contributed by atoms with van der Waals surface area (Å²) in [6.45, 7) is 3.16. The molecule has 1 amide bonds. The second-order valence-corrected chi connectivity index (χ2v) is 9.37. The van der Waals surface area contributed by atoms with Crippen molar-refractivity contribution in [3.63, 3.8) is 0 Å². The summed E-state index contributed by atoms with van der Waals surface area (Å²) in [5.41, 5.74) is 1.11. The Morgan fingerprint density at radius 3 is 2.45 bits per heavy atom. The number of hydrogen-bond donors (Lipinski definition) is 2. The van der Waals surface area contributed by atoms with E-state index in [1.54, 1.807) is 30.3 Å². The third kappa shape index (κ3) is 5.17. The highest BCUT2D eigenvalue weighted by Gasteiger charge is 2.41. The van der Waals surface area contributed by atoms with Crippen LogP contribution in [0.15, 0.2) is 53.4 Å². The van der Waals surface area contributed by atoms with E-state index in [1.165, 1.54) is 0 Å². The number of carbonyl (C=O) groups is 1. The number of nitrogens with one attached hydrogen (secondary N) is 2. The number of amides is 1. The summed E-state index contributed by atoms with van der Waals surface area (Å²) in [6, 6.07) is 13.9. The van der Waals surface area contributed by atoms with E-state index < -0.39 is 15.4 Å². The number of hydrogen-bond acceptors (Lipinski definition) is 4. The zero-order chi connectivity index (χ0) is 20.9. The molecule has 0 spiro atoms. The monoisotopic (exact) mass is 436 g/mol. The lowest BCUT2D eigenvalue weighted by atomic mass is 9.73. The van der Waals surface area contributed by atoms with Gasteiger partial charge in [-0.15, -0.1) is 0 Å². The normalized spacial score (nSPS) is 16.3. The van der Waals surface area contributed by atoms with Crippen LogP contribution in [-0.4, -0.2) is 40.6 Å². The van der Waals surface area contributed by atoms with Crippen LogP contribution < -0.4 is 10.0 Å². The van der Waals surface area contributed by atoms with Gasteiger partial charge in [-0.1, -0.05) is 41.4 Å². The van der Waals surface area contributed by atoms with Gasteiger partial charge >= 0.3 is 0 Å². The molecular formula is C21H25ClN2O4S. The highest BCUT2D eigenvalue weighted by Crippen LogP contribution is 2.36. The SMILES string of the molecule is Cc1ccc(S(=O)(=O)NCCNC(=O)C2(c3cccc(Cl)c3)CCOCC2)cc1. The zero-order valence-electron chi connectivity index (χ0n) is 16.3. The van der Waals surface area contributed by atoms with Crippen molar-refractivity contribution >= 4 is 27.5 Å². The van der Waals surface area contributed by atoms with E-state index in [-0.39, 0.29) is 23.9 Å². The first-order valence-electron chi connectivity index (χ1n) is 9.52. The topological polar surface area (TPSA) is 84.5 Å². The van der Waals surface area contributed by atoms with Crippen molar-refractivity contribution in [3.05, 3.63) is 64.7 Å². The lowest BCUT2D eigenvalue weighted by Gasteiger charge is -2.36. The van der Waals surface area contributed by atoms with Gasteiger partial charge in [-0.3, -0.25) is 4.79 Å².